The zero-order valence-electron chi connectivity index (χ0n) is 12.2. The third kappa shape index (κ3) is 1.88. The third-order valence-electron chi connectivity index (χ3n) is 5.29. The van der Waals surface area contributed by atoms with E-state index in [0.717, 1.165) is 12.3 Å². The van der Waals surface area contributed by atoms with Gasteiger partial charge in [0.2, 0.25) is 0 Å². The molecule has 0 bridgehead atoms. The molecule has 2 heteroatoms. The summed E-state index contributed by atoms with van der Waals surface area (Å²) < 4.78 is 5.72. The van der Waals surface area contributed by atoms with Gasteiger partial charge in [0, 0.05) is 17.5 Å². The van der Waals surface area contributed by atoms with Gasteiger partial charge in [-0.2, -0.15) is 0 Å². The highest BCUT2D eigenvalue weighted by atomic mass is 16.5. The largest absolute Gasteiger partial charge is 0.496 e. The molecular weight excluding hydrogens is 234 g/mol. The predicted octanol–water partition coefficient (Wildman–Crippen LogP) is 3.26. The molecule has 3 rings (SSSR count). The van der Waals surface area contributed by atoms with Gasteiger partial charge in [0.1, 0.15) is 5.75 Å². The highest BCUT2D eigenvalue weighted by Gasteiger charge is 2.42. The highest BCUT2D eigenvalue weighted by molar-refractivity contribution is 5.55. The molecule has 1 aromatic rings. The second-order valence-electron chi connectivity index (χ2n) is 6.27. The number of hydrogen-bond donors (Lipinski definition) is 1. The Balaban J connectivity index is 2.20. The van der Waals surface area contributed by atoms with E-state index >= 15 is 0 Å². The second kappa shape index (κ2) is 4.82. The van der Waals surface area contributed by atoms with Gasteiger partial charge in [0.25, 0.3) is 0 Å². The van der Waals surface area contributed by atoms with Crippen LogP contribution in [-0.4, -0.2) is 13.7 Å². The van der Waals surface area contributed by atoms with Gasteiger partial charge in [0.05, 0.1) is 7.11 Å². The lowest BCUT2D eigenvalue weighted by molar-refractivity contribution is 0.240. The summed E-state index contributed by atoms with van der Waals surface area (Å²) in [6, 6.07) is 2.25. The minimum absolute atomic E-state index is 0.209. The number of ether oxygens (including phenoxy) is 1. The first-order valence-electron chi connectivity index (χ1n) is 7.62. The van der Waals surface area contributed by atoms with Crippen LogP contribution in [0.15, 0.2) is 6.07 Å². The van der Waals surface area contributed by atoms with Crippen LogP contribution in [0.3, 0.4) is 0 Å². The molecule has 2 N–H and O–H groups in total. The number of benzene rings is 1. The minimum atomic E-state index is 0.209. The number of methoxy groups -OCH3 is 1. The standard InChI is InChI=1S/C17H25NO/c1-12-10-15(19-2)16(17(11-18)8-5-9-17)14-7-4-3-6-13(12)14/h10H,3-9,11,18H2,1-2H3. The quantitative estimate of drug-likeness (QED) is 0.904. The molecule has 0 aromatic heterocycles. The molecule has 0 spiro atoms. The Morgan fingerprint density at radius 1 is 1.16 bits per heavy atom. The Labute approximate surface area is 116 Å². The molecule has 2 nitrogen and oxygen atoms in total. The van der Waals surface area contributed by atoms with Crippen molar-refractivity contribution in [3.05, 3.63) is 28.3 Å². The van der Waals surface area contributed by atoms with E-state index < -0.39 is 0 Å². The van der Waals surface area contributed by atoms with E-state index in [1.165, 1.54) is 56.1 Å². The molecular formula is C17H25NO. The Morgan fingerprint density at radius 2 is 1.84 bits per heavy atom. The average molecular weight is 259 g/mol. The van der Waals surface area contributed by atoms with E-state index in [2.05, 4.69) is 13.0 Å². The summed E-state index contributed by atoms with van der Waals surface area (Å²) in [6.07, 6.45) is 8.86. The van der Waals surface area contributed by atoms with Crippen molar-refractivity contribution >= 4 is 0 Å². The summed E-state index contributed by atoms with van der Waals surface area (Å²) in [7, 11) is 1.80. The maximum absolute atomic E-state index is 6.14. The van der Waals surface area contributed by atoms with Crippen molar-refractivity contribution < 1.29 is 4.74 Å². The smallest absolute Gasteiger partial charge is 0.123 e. The first kappa shape index (κ1) is 13.0. The van der Waals surface area contributed by atoms with Crippen molar-refractivity contribution in [1.82, 2.24) is 0 Å². The lowest BCUT2D eigenvalue weighted by Crippen LogP contribution is -2.43. The zero-order chi connectivity index (χ0) is 13.5. The fourth-order valence-electron chi connectivity index (χ4n) is 4.02. The molecule has 0 unspecified atom stereocenters. The topological polar surface area (TPSA) is 35.2 Å². The summed E-state index contributed by atoms with van der Waals surface area (Å²) in [4.78, 5) is 0. The Morgan fingerprint density at radius 3 is 2.37 bits per heavy atom. The van der Waals surface area contributed by atoms with Gasteiger partial charge in [-0.25, -0.2) is 0 Å². The van der Waals surface area contributed by atoms with Crippen LogP contribution in [0.2, 0.25) is 0 Å². The number of fused-ring (bicyclic) bond motifs is 1. The summed E-state index contributed by atoms with van der Waals surface area (Å²) in [5.41, 5.74) is 12.4. The summed E-state index contributed by atoms with van der Waals surface area (Å²) in [6.45, 7) is 2.99. The second-order valence-corrected chi connectivity index (χ2v) is 6.27. The van der Waals surface area contributed by atoms with Crippen LogP contribution < -0.4 is 10.5 Å². The molecule has 1 aromatic carbocycles. The molecule has 0 heterocycles. The highest BCUT2D eigenvalue weighted by Crippen LogP contribution is 2.50. The molecule has 104 valence electrons. The van der Waals surface area contributed by atoms with Gasteiger partial charge in [-0.1, -0.05) is 6.42 Å². The molecule has 0 saturated heterocycles. The number of rotatable bonds is 3. The van der Waals surface area contributed by atoms with E-state index in [1.54, 1.807) is 18.2 Å². The van der Waals surface area contributed by atoms with E-state index in [4.69, 9.17) is 10.5 Å². The molecule has 1 saturated carbocycles. The molecule has 0 atom stereocenters. The van der Waals surface area contributed by atoms with Crippen LogP contribution >= 0.6 is 0 Å². The fraction of sp³-hybridized carbons (Fsp3) is 0.647. The van der Waals surface area contributed by atoms with Crippen LogP contribution in [0, 0.1) is 6.92 Å². The average Bonchev–Trinajstić information content (AvgIpc) is 2.40. The van der Waals surface area contributed by atoms with Crippen LogP contribution in [0.25, 0.3) is 0 Å². The SMILES string of the molecule is COc1cc(C)c2c(c1C1(CN)CCC1)CCCC2. The van der Waals surface area contributed by atoms with Crippen molar-refractivity contribution in [2.24, 2.45) is 5.73 Å². The maximum atomic E-state index is 6.14. The molecule has 19 heavy (non-hydrogen) atoms. The third-order valence-corrected chi connectivity index (χ3v) is 5.29. The van der Waals surface area contributed by atoms with Crippen LogP contribution in [-0.2, 0) is 18.3 Å². The molecule has 0 radical (unpaired) electrons. The van der Waals surface area contributed by atoms with Gasteiger partial charge in [-0.05, 0) is 68.2 Å². The van der Waals surface area contributed by atoms with Crippen LogP contribution in [0.1, 0.15) is 54.4 Å². The van der Waals surface area contributed by atoms with E-state index in [-0.39, 0.29) is 5.41 Å². The number of nitrogens with two attached hydrogens (primary N) is 1. The minimum Gasteiger partial charge on any atom is -0.496 e. The van der Waals surface area contributed by atoms with Gasteiger partial charge in [-0.3, -0.25) is 0 Å². The number of aryl methyl sites for hydroxylation is 1. The normalized spacial score (nSPS) is 20.6. The van der Waals surface area contributed by atoms with Gasteiger partial charge >= 0.3 is 0 Å². The van der Waals surface area contributed by atoms with Crippen molar-refractivity contribution in [2.75, 3.05) is 13.7 Å². The Kier molecular flexibility index (Phi) is 3.30. The Bertz CT molecular complexity index is 483. The number of hydrogen-bond acceptors (Lipinski definition) is 2. The van der Waals surface area contributed by atoms with E-state index in [0.29, 0.717) is 0 Å². The lowest BCUT2D eigenvalue weighted by atomic mass is 9.61. The molecule has 2 aliphatic rings. The maximum Gasteiger partial charge on any atom is 0.123 e. The summed E-state index contributed by atoms with van der Waals surface area (Å²) in [5, 5.41) is 0. The molecule has 0 amide bonds. The fourth-order valence-corrected chi connectivity index (χ4v) is 4.02. The van der Waals surface area contributed by atoms with Crippen molar-refractivity contribution in [3.63, 3.8) is 0 Å². The Hall–Kier alpha value is -1.02. The summed E-state index contributed by atoms with van der Waals surface area (Å²) >= 11 is 0. The molecule has 1 fully saturated rings. The first-order valence-corrected chi connectivity index (χ1v) is 7.62. The van der Waals surface area contributed by atoms with Crippen molar-refractivity contribution in [2.45, 2.75) is 57.3 Å². The van der Waals surface area contributed by atoms with Gasteiger partial charge in [-0.15, -0.1) is 0 Å². The molecule has 0 aliphatic heterocycles. The van der Waals surface area contributed by atoms with Crippen LogP contribution in [0.4, 0.5) is 0 Å². The van der Waals surface area contributed by atoms with E-state index in [1.807, 2.05) is 0 Å². The van der Waals surface area contributed by atoms with Crippen LogP contribution in [0.5, 0.6) is 5.75 Å². The summed E-state index contributed by atoms with van der Waals surface area (Å²) in [5.74, 6) is 1.09. The van der Waals surface area contributed by atoms with Crippen molar-refractivity contribution in [3.8, 4) is 5.75 Å². The first-order chi connectivity index (χ1) is 9.22. The van der Waals surface area contributed by atoms with Crippen molar-refractivity contribution in [1.29, 1.82) is 0 Å². The predicted molar refractivity (Wildman–Crippen MR) is 79.0 cm³/mol. The zero-order valence-corrected chi connectivity index (χ0v) is 12.2. The van der Waals surface area contributed by atoms with Gasteiger partial charge in [0.15, 0.2) is 0 Å². The lowest BCUT2D eigenvalue weighted by Gasteiger charge is -2.44. The molecule has 2 aliphatic carbocycles. The van der Waals surface area contributed by atoms with Gasteiger partial charge < -0.3 is 10.5 Å². The van der Waals surface area contributed by atoms with E-state index in [9.17, 15) is 0 Å². The monoisotopic (exact) mass is 259 g/mol.